The van der Waals surface area contributed by atoms with Gasteiger partial charge in [0.25, 0.3) is 0 Å². The molecule has 2 aromatic heterocycles. The Morgan fingerprint density at radius 1 is 1.35 bits per heavy atom. The van der Waals surface area contributed by atoms with Gasteiger partial charge in [-0.25, -0.2) is 0 Å². The van der Waals surface area contributed by atoms with E-state index >= 15 is 0 Å². The molecule has 5 heteroatoms. The van der Waals surface area contributed by atoms with Crippen LogP contribution in [-0.4, -0.2) is 38.6 Å². The fraction of sp³-hybridized carbons (Fsp3) is 0.600. The minimum absolute atomic E-state index is 0.554. The van der Waals surface area contributed by atoms with Crippen LogP contribution in [0.15, 0.2) is 18.3 Å². The number of fused-ring (bicyclic) bond motifs is 1. The SMILES string of the molecule is CC(C)N1CCC(Cc2nnc3ccc(CN)cn23)C1. The second kappa shape index (κ2) is 5.50. The van der Waals surface area contributed by atoms with Gasteiger partial charge in [-0.15, -0.1) is 10.2 Å². The fourth-order valence-corrected chi connectivity index (χ4v) is 3.00. The molecule has 0 saturated carbocycles. The minimum atomic E-state index is 0.554. The highest BCUT2D eigenvalue weighted by Gasteiger charge is 2.25. The molecule has 0 spiro atoms. The van der Waals surface area contributed by atoms with Crippen LogP contribution in [0.25, 0.3) is 5.65 Å². The van der Waals surface area contributed by atoms with E-state index in [1.165, 1.54) is 19.5 Å². The second-order valence-corrected chi connectivity index (χ2v) is 6.03. The summed E-state index contributed by atoms with van der Waals surface area (Å²) in [5, 5.41) is 8.61. The summed E-state index contributed by atoms with van der Waals surface area (Å²) in [5.74, 6) is 1.75. The molecule has 108 valence electrons. The van der Waals surface area contributed by atoms with E-state index in [0.29, 0.717) is 18.5 Å². The molecule has 0 amide bonds. The smallest absolute Gasteiger partial charge is 0.160 e. The summed E-state index contributed by atoms with van der Waals surface area (Å²) in [6, 6.07) is 4.65. The zero-order valence-corrected chi connectivity index (χ0v) is 12.3. The lowest BCUT2D eigenvalue weighted by atomic mass is 10.0. The fourth-order valence-electron chi connectivity index (χ4n) is 3.00. The number of aromatic nitrogens is 3. The molecule has 3 heterocycles. The first kappa shape index (κ1) is 13.5. The van der Waals surface area contributed by atoms with Crippen LogP contribution in [0.5, 0.6) is 0 Å². The molecule has 1 aliphatic rings. The van der Waals surface area contributed by atoms with E-state index < -0.39 is 0 Å². The standard InChI is InChI=1S/C15H23N5/c1-11(2)19-6-5-12(9-19)7-15-18-17-14-4-3-13(8-16)10-20(14)15/h3-4,10-12H,5-9,16H2,1-2H3. The molecule has 3 rings (SSSR count). The molecule has 0 aromatic carbocycles. The number of likely N-dealkylation sites (tertiary alicyclic amines) is 1. The number of hydrogen-bond acceptors (Lipinski definition) is 4. The van der Waals surface area contributed by atoms with Gasteiger partial charge in [0.15, 0.2) is 5.65 Å². The Kier molecular flexibility index (Phi) is 3.72. The number of hydrogen-bond donors (Lipinski definition) is 1. The van der Waals surface area contributed by atoms with Gasteiger partial charge in [-0.2, -0.15) is 0 Å². The minimum Gasteiger partial charge on any atom is -0.326 e. The number of nitrogens with two attached hydrogens (primary N) is 1. The summed E-state index contributed by atoms with van der Waals surface area (Å²) in [4.78, 5) is 2.54. The summed E-state index contributed by atoms with van der Waals surface area (Å²) in [6.45, 7) is 7.46. The second-order valence-electron chi connectivity index (χ2n) is 6.03. The van der Waals surface area contributed by atoms with Gasteiger partial charge in [-0.1, -0.05) is 6.07 Å². The molecule has 2 N–H and O–H groups in total. The molecule has 1 atom stereocenters. The molecule has 1 fully saturated rings. The molecular weight excluding hydrogens is 250 g/mol. The summed E-state index contributed by atoms with van der Waals surface area (Å²) < 4.78 is 2.10. The van der Waals surface area contributed by atoms with Crippen LogP contribution in [0.3, 0.4) is 0 Å². The van der Waals surface area contributed by atoms with Crippen LogP contribution in [0.4, 0.5) is 0 Å². The Morgan fingerprint density at radius 3 is 2.90 bits per heavy atom. The largest absolute Gasteiger partial charge is 0.326 e. The van der Waals surface area contributed by atoms with Crippen molar-refractivity contribution in [1.29, 1.82) is 0 Å². The first-order valence-electron chi connectivity index (χ1n) is 7.44. The first-order valence-corrected chi connectivity index (χ1v) is 7.44. The van der Waals surface area contributed by atoms with E-state index in [9.17, 15) is 0 Å². The third-order valence-electron chi connectivity index (χ3n) is 4.29. The lowest BCUT2D eigenvalue weighted by molar-refractivity contribution is 0.264. The molecular formula is C15H23N5. The summed E-state index contributed by atoms with van der Waals surface area (Å²) in [7, 11) is 0. The van der Waals surface area contributed by atoms with Gasteiger partial charge in [0.1, 0.15) is 5.82 Å². The topological polar surface area (TPSA) is 59.5 Å². The lowest BCUT2D eigenvalue weighted by Gasteiger charge is -2.20. The predicted octanol–water partition coefficient (Wildman–Crippen LogP) is 1.46. The lowest BCUT2D eigenvalue weighted by Crippen LogP contribution is -2.28. The Morgan fingerprint density at radius 2 is 2.20 bits per heavy atom. The Balaban J connectivity index is 1.78. The molecule has 0 aliphatic carbocycles. The van der Waals surface area contributed by atoms with Crippen LogP contribution in [0.2, 0.25) is 0 Å². The summed E-state index contributed by atoms with van der Waals surface area (Å²) in [6.07, 6.45) is 4.32. The zero-order chi connectivity index (χ0) is 14.1. The number of nitrogens with zero attached hydrogens (tertiary/aromatic N) is 4. The van der Waals surface area contributed by atoms with Crippen molar-refractivity contribution < 1.29 is 0 Å². The summed E-state index contributed by atoms with van der Waals surface area (Å²) in [5.41, 5.74) is 7.75. The van der Waals surface area contributed by atoms with Crippen LogP contribution >= 0.6 is 0 Å². The molecule has 1 unspecified atom stereocenters. The third kappa shape index (κ3) is 2.55. The molecule has 0 bridgehead atoms. The van der Waals surface area contributed by atoms with Gasteiger partial charge >= 0.3 is 0 Å². The molecule has 0 radical (unpaired) electrons. The Labute approximate surface area is 119 Å². The maximum Gasteiger partial charge on any atom is 0.160 e. The molecule has 2 aromatic rings. The first-order chi connectivity index (χ1) is 9.67. The molecule has 20 heavy (non-hydrogen) atoms. The number of rotatable bonds is 4. The zero-order valence-electron chi connectivity index (χ0n) is 12.3. The van der Waals surface area contributed by atoms with Crippen molar-refractivity contribution >= 4 is 5.65 Å². The highest BCUT2D eigenvalue weighted by Crippen LogP contribution is 2.22. The Bertz CT molecular complexity index is 589. The quantitative estimate of drug-likeness (QED) is 0.916. The third-order valence-corrected chi connectivity index (χ3v) is 4.29. The highest BCUT2D eigenvalue weighted by molar-refractivity contribution is 5.39. The Hall–Kier alpha value is -1.46. The van der Waals surface area contributed by atoms with Crippen molar-refractivity contribution in [2.45, 2.75) is 39.3 Å². The molecule has 1 aliphatic heterocycles. The maximum atomic E-state index is 5.71. The van der Waals surface area contributed by atoms with Gasteiger partial charge in [0.05, 0.1) is 0 Å². The van der Waals surface area contributed by atoms with E-state index in [0.717, 1.165) is 23.5 Å². The van der Waals surface area contributed by atoms with Gasteiger partial charge in [-0.3, -0.25) is 4.40 Å². The molecule has 5 nitrogen and oxygen atoms in total. The van der Waals surface area contributed by atoms with Gasteiger partial charge in [0, 0.05) is 31.7 Å². The van der Waals surface area contributed by atoms with Crippen molar-refractivity contribution in [1.82, 2.24) is 19.5 Å². The van der Waals surface area contributed by atoms with Gasteiger partial charge in [-0.05, 0) is 44.4 Å². The molecule has 1 saturated heterocycles. The van der Waals surface area contributed by atoms with Crippen molar-refractivity contribution in [3.8, 4) is 0 Å². The van der Waals surface area contributed by atoms with Crippen LogP contribution in [-0.2, 0) is 13.0 Å². The van der Waals surface area contributed by atoms with Crippen molar-refractivity contribution in [3.63, 3.8) is 0 Å². The van der Waals surface area contributed by atoms with E-state index in [1.54, 1.807) is 0 Å². The average Bonchev–Trinajstić information content (AvgIpc) is 3.06. The predicted molar refractivity (Wildman–Crippen MR) is 79.4 cm³/mol. The van der Waals surface area contributed by atoms with Crippen LogP contribution < -0.4 is 5.73 Å². The van der Waals surface area contributed by atoms with E-state index in [2.05, 4.69) is 39.5 Å². The van der Waals surface area contributed by atoms with Crippen molar-refractivity contribution in [2.24, 2.45) is 11.7 Å². The van der Waals surface area contributed by atoms with Crippen LogP contribution in [0, 0.1) is 5.92 Å². The van der Waals surface area contributed by atoms with Crippen LogP contribution in [0.1, 0.15) is 31.7 Å². The van der Waals surface area contributed by atoms with E-state index in [-0.39, 0.29) is 0 Å². The average molecular weight is 273 g/mol. The van der Waals surface area contributed by atoms with E-state index in [1.807, 2.05) is 12.1 Å². The monoisotopic (exact) mass is 273 g/mol. The number of pyridine rings is 1. The normalized spacial score (nSPS) is 20.3. The maximum absolute atomic E-state index is 5.71. The van der Waals surface area contributed by atoms with Gasteiger partial charge in [0.2, 0.25) is 0 Å². The highest BCUT2D eigenvalue weighted by atomic mass is 15.2. The summed E-state index contributed by atoms with van der Waals surface area (Å²) >= 11 is 0. The van der Waals surface area contributed by atoms with Crippen molar-refractivity contribution in [2.75, 3.05) is 13.1 Å². The van der Waals surface area contributed by atoms with Crippen molar-refractivity contribution in [3.05, 3.63) is 29.7 Å². The van der Waals surface area contributed by atoms with E-state index in [4.69, 9.17) is 5.73 Å². The van der Waals surface area contributed by atoms with Gasteiger partial charge < -0.3 is 10.6 Å².